The van der Waals surface area contributed by atoms with E-state index in [9.17, 15) is 4.79 Å². The van der Waals surface area contributed by atoms with E-state index in [0.717, 1.165) is 31.6 Å². The lowest BCUT2D eigenvalue weighted by Gasteiger charge is -2.01. The second-order valence-electron chi connectivity index (χ2n) is 6.43. The predicted octanol–water partition coefficient (Wildman–Crippen LogP) is 6.09. The van der Waals surface area contributed by atoms with Gasteiger partial charge < -0.3 is 5.32 Å². The summed E-state index contributed by atoms with van der Waals surface area (Å²) >= 11 is 3.49. The number of amides is 1. The van der Waals surface area contributed by atoms with Crippen LogP contribution in [0.3, 0.4) is 0 Å². The Morgan fingerprint density at radius 3 is 2.81 bits per heavy atom. The summed E-state index contributed by atoms with van der Waals surface area (Å²) in [6.45, 7) is 4.47. The Balaban J connectivity index is 1.63. The Bertz CT molecular complexity index is 901. The summed E-state index contributed by atoms with van der Waals surface area (Å²) < 4.78 is 2.19. The third kappa shape index (κ3) is 5.44. The first kappa shape index (κ1) is 18.7. The summed E-state index contributed by atoms with van der Waals surface area (Å²) in [4.78, 5) is 16.8. The molecule has 2 aromatic carbocycles. The zero-order valence-corrected chi connectivity index (χ0v) is 16.6. The molecule has 0 spiro atoms. The van der Waals surface area contributed by atoms with Crippen molar-refractivity contribution in [3.05, 3.63) is 60.2 Å². The highest BCUT2D eigenvalue weighted by atomic mass is 32.2. The number of anilines is 1. The summed E-state index contributed by atoms with van der Waals surface area (Å²) in [6, 6.07) is 15.6. The standard InChI is InChI=1S/C21H22N2OS2/c1-15(2)12-13-25-21-23-18-10-9-17(14-19(18)26-21)22-20(24)11-8-16-6-4-3-5-7-16/h3-11,14-15H,12-13H2,1-2H3,(H,22,24)/b11-8+. The quantitative estimate of drug-likeness (QED) is 0.397. The fourth-order valence-electron chi connectivity index (χ4n) is 2.34. The molecule has 0 aliphatic rings. The van der Waals surface area contributed by atoms with Crippen LogP contribution in [0.2, 0.25) is 0 Å². The van der Waals surface area contributed by atoms with Gasteiger partial charge in [-0.05, 0) is 42.2 Å². The number of hydrogen-bond donors (Lipinski definition) is 1. The summed E-state index contributed by atoms with van der Waals surface area (Å²) in [5, 5.41) is 2.92. The van der Waals surface area contributed by atoms with E-state index in [1.54, 1.807) is 17.4 Å². The molecule has 3 nitrogen and oxygen atoms in total. The normalized spacial score (nSPS) is 11.5. The van der Waals surface area contributed by atoms with Crippen molar-refractivity contribution in [3.63, 3.8) is 0 Å². The molecule has 1 N–H and O–H groups in total. The van der Waals surface area contributed by atoms with Gasteiger partial charge in [0.2, 0.25) is 5.91 Å². The highest BCUT2D eigenvalue weighted by Crippen LogP contribution is 2.32. The van der Waals surface area contributed by atoms with Crippen molar-refractivity contribution in [1.82, 2.24) is 4.98 Å². The van der Waals surface area contributed by atoms with Crippen LogP contribution in [0, 0.1) is 5.92 Å². The van der Waals surface area contributed by atoms with Gasteiger partial charge in [0.1, 0.15) is 0 Å². The number of rotatable bonds is 7. The smallest absolute Gasteiger partial charge is 0.248 e. The van der Waals surface area contributed by atoms with Crippen LogP contribution in [0.1, 0.15) is 25.8 Å². The van der Waals surface area contributed by atoms with Crippen molar-refractivity contribution < 1.29 is 4.79 Å². The van der Waals surface area contributed by atoms with Crippen molar-refractivity contribution in [2.24, 2.45) is 5.92 Å². The number of benzene rings is 2. The fraction of sp³-hybridized carbons (Fsp3) is 0.238. The summed E-state index contributed by atoms with van der Waals surface area (Å²) in [6.07, 6.45) is 4.55. The minimum Gasteiger partial charge on any atom is -0.322 e. The lowest BCUT2D eigenvalue weighted by atomic mass is 10.2. The molecule has 0 atom stereocenters. The van der Waals surface area contributed by atoms with Crippen LogP contribution in [-0.2, 0) is 4.79 Å². The zero-order valence-electron chi connectivity index (χ0n) is 14.9. The average molecular weight is 383 g/mol. The molecule has 26 heavy (non-hydrogen) atoms. The maximum absolute atomic E-state index is 12.1. The van der Waals surface area contributed by atoms with E-state index in [4.69, 9.17) is 0 Å². The van der Waals surface area contributed by atoms with Crippen LogP contribution in [0.5, 0.6) is 0 Å². The first-order valence-electron chi connectivity index (χ1n) is 8.67. The number of carbonyl (C=O) groups excluding carboxylic acids is 1. The van der Waals surface area contributed by atoms with Gasteiger partial charge >= 0.3 is 0 Å². The van der Waals surface area contributed by atoms with Crippen LogP contribution >= 0.6 is 23.1 Å². The van der Waals surface area contributed by atoms with E-state index < -0.39 is 0 Å². The van der Waals surface area contributed by atoms with E-state index in [1.807, 2.05) is 66.4 Å². The minimum absolute atomic E-state index is 0.135. The molecule has 0 aliphatic heterocycles. The van der Waals surface area contributed by atoms with Crippen molar-refractivity contribution in [2.75, 3.05) is 11.1 Å². The third-order valence-electron chi connectivity index (χ3n) is 3.78. The Morgan fingerprint density at radius 2 is 2.04 bits per heavy atom. The topological polar surface area (TPSA) is 42.0 Å². The largest absolute Gasteiger partial charge is 0.322 e. The van der Waals surface area contributed by atoms with Gasteiger partial charge in [-0.2, -0.15) is 0 Å². The molecule has 1 aromatic heterocycles. The van der Waals surface area contributed by atoms with Crippen LogP contribution < -0.4 is 5.32 Å². The molecule has 1 amide bonds. The molecule has 5 heteroatoms. The molecule has 0 unspecified atom stereocenters. The predicted molar refractivity (Wildman–Crippen MR) is 114 cm³/mol. The molecule has 0 saturated carbocycles. The van der Waals surface area contributed by atoms with E-state index >= 15 is 0 Å². The Morgan fingerprint density at radius 1 is 1.23 bits per heavy atom. The minimum atomic E-state index is -0.135. The Kier molecular flexibility index (Phi) is 6.47. The summed E-state index contributed by atoms with van der Waals surface area (Å²) in [5.74, 6) is 1.66. The second kappa shape index (κ2) is 9.01. The van der Waals surface area contributed by atoms with Gasteiger partial charge in [0, 0.05) is 17.5 Å². The van der Waals surface area contributed by atoms with Crippen LogP contribution in [-0.4, -0.2) is 16.6 Å². The van der Waals surface area contributed by atoms with Gasteiger partial charge in [0.15, 0.2) is 4.34 Å². The summed E-state index contributed by atoms with van der Waals surface area (Å²) in [7, 11) is 0. The van der Waals surface area contributed by atoms with E-state index in [2.05, 4.69) is 24.1 Å². The molecule has 3 rings (SSSR count). The maximum atomic E-state index is 12.1. The average Bonchev–Trinajstić information content (AvgIpc) is 3.02. The highest BCUT2D eigenvalue weighted by Gasteiger charge is 2.07. The lowest BCUT2D eigenvalue weighted by molar-refractivity contribution is -0.111. The number of fused-ring (bicyclic) bond motifs is 1. The van der Waals surface area contributed by atoms with Gasteiger partial charge in [0.05, 0.1) is 10.2 Å². The van der Waals surface area contributed by atoms with Crippen LogP contribution in [0.4, 0.5) is 5.69 Å². The van der Waals surface area contributed by atoms with E-state index in [-0.39, 0.29) is 5.91 Å². The Hall–Kier alpha value is -2.11. The fourth-order valence-corrected chi connectivity index (χ4v) is 4.76. The molecule has 0 bridgehead atoms. The number of hydrogen-bond acceptors (Lipinski definition) is 4. The zero-order chi connectivity index (χ0) is 18.4. The number of thiazole rings is 1. The second-order valence-corrected chi connectivity index (χ2v) is 8.80. The van der Waals surface area contributed by atoms with Crippen molar-refractivity contribution in [3.8, 4) is 0 Å². The van der Waals surface area contributed by atoms with Gasteiger partial charge in [-0.15, -0.1) is 11.3 Å². The molecule has 0 radical (unpaired) electrons. The Labute approximate surface area is 162 Å². The molecule has 0 aliphatic carbocycles. The van der Waals surface area contributed by atoms with Crippen LogP contribution in [0.15, 0.2) is 58.9 Å². The molecule has 0 fully saturated rings. The number of aromatic nitrogens is 1. The van der Waals surface area contributed by atoms with Gasteiger partial charge in [-0.1, -0.05) is 55.9 Å². The molecule has 0 saturated heterocycles. The third-order valence-corrected chi connectivity index (χ3v) is 5.98. The first-order chi connectivity index (χ1) is 12.6. The maximum Gasteiger partial charge on any atom is 0.248 e. The molecular formula is C21H22N2OS2. The van der Waals surface area contributed by atoms with Gasteiger partial charge in [0.25, 0.3) is 0 Å². The van der Waals surface area contributed by atoms with E-state index in [0.29, 0.717) is 5.92 Å². The van der Waals surface area contributed by atoms with Crippen molar-refractivity contribution >= 4 is 51.0 Å². The van der Waals surface area contributed by atoms with Crippen LogP contribution in [0.25, 0.3) is 16.3 Å². The molecule has 3 aromatic rings. The van der Waals surface area contributed by atoms with E-state index in [1.165, 1.54) is 6.42 Å². The monoisotopic (exact) mass is 382 g/mol. The number of nitrogens with one attached hydrogen (secondary N) is 1. The van der Waals surface area contributed by atoms with Crippen molar-refractivity contribution in [2.45, 2.75) is 24.6 Å². The highest BCUT2D eigenvalue weighted by molar-refractivity contribution is 8.01. The number of thioether (sulfide) groups is 1. The first-order valence-corrected chi connectivity index (χ1v) is 10.5. The van der Waals surface area contributed by atoms with Gasteiger partial charge in [-0.25, -0.2) is 4.98 Å². The molecule has 134 valence electrons. The lowest BCUT2D eigenvalue weighted by Crippen LogP contribution is -2.07. The number of nitrogens with zero attached hydrogens (tertiary/aromatic N) is 1. The number of carbonyl (C=O) groups is 1. The van der Waals surface area contributed by atoms with Crippen molar-refractivity contribution in [1.29, 1.82) is 0 Å². The summed E-state index contributed by atoms with van der Waals surface area (Å²) in [5.41, 5.74) is 2.78. The SMILES string of the molecule is CC(C)CCSc1nc2ccc(NC(=O)/C=C/c3ccccc3)cc2s1. The van der Waals surface area contributed by atoms with Gasteiger partial charge in [-0.3, -0.25) is 4.79 Å². The molecular weight excluding hydrogens is 360 g/mol. The molecule has 1 heterocycles.